The zero-order valence-electron chi connectivity index (χ0n) is 9.73. The van der Waals surface area contributed by atoms with Crippen LogP contribution in [0.1, 0.15) is 34.7 Å². The van der Waals surface area contributed by atoms with Crippen LogP contribution in [-0.2, 0) is 9.53 Å². The van der Waals surface area contributed by atoms with E-state index in [2.05, 4.69) is 10.1 Å². The second-order valence-electron chi connectivity index (χ2n) is 4.10. The third-order valence-corrected chi connectivity index (χ3v) is 3.02. The van der Waals surface area contributed by atoms with Gasteiger partial charge >= 0.3 is 5.97 Å². The molecule has 1 N–H and O–H groups in total. The van der Waals surface area contributed by atoms with Gasteiger partial charge in [-0.3, -0.25) is 4.79 Å². The maximum atomic E-state index is 11.7. The summed E-state index contributed by atoms with van der Waals surface area (Å²) < 4.78 is 4.62. The van der Waals surface area contributed by atoms with E-state index < -0.39 is 0 Å². The molecule has 0 aromatic heterocycles. The van der Waals surface area contributed by atoms with Crippen LogP contribution >= 0.6 is 0 Å². The maximum absolute atomic E-state index is 11.7. The van der Waals surface area contributed by atoms with E-state index in [1.165, 1.54) is 7.11 Å². The fourth-order valence-electron chi connectivity index (χ4n) is 2.06. The molecule has 1 atom stereocenters. The molecule has 4 nitrogen and oxygen atoms in total. The van der Waals surface area contributed by atoms with Crippen molar-refractivity contribution in [2.75, 3.05) is 13.7 Å². The number of ether oxygens (including phenoxy) is 1. The summed E-state index contributed by atoms with van der Waals surface area (Å²) in [7, 11) is 1.35. The lowest BCUT2D eigenvalue weighted by molar-refractivity contribution is -0.123. The first-order valence-corrected chi connectivity index (χ1v) is 5.68. The Morgan fingerprint density at radius 3 is 2.65 bits per heavy atom. The molecule has 0 radical (unpaired) electrons. The van der Waals surface area contributed by atoms with E-state index in [0.29, 0.717) is 5.56 Å². The zero-order chi connectivity index (χ0) is 12.3. The molecule has 1 heterocycles. The van der Waals surface area contributed by atoms with Crippen molar-refractivity contribution in [2.45, 2.75) is 18.8 Å². The van der Waals surface area contributed by atoms with Crippen molar-refractivity contribution in [3.05, 3.63) is 35.4 Å². The molecule has 1 aromatic rings. The first-order chi connectivity index (χ1) is 8.22. The van der Waals surface area contributed by atoms with E-state index in [4.69, 9.17) is 0 Å². The van der Waals surface area contributed by atoms with Crippen LogP contribution in [0.3, 0.4) is 0 Å². The lowest BCUT2D eigenvalue weighted by Gasteiger charge is -2.22. The largest absolute Gasteiger partial charge is 0.465 e. The number of carbonyl (C=O) groups excluding carboxylic acids is 2. The van der Waals surface area contributed by atoms with Gasteiger partial charge in [0.25, 0.3) is 0 Å². The van der Waals surface area contributed by atoms with Crippen LogP contribution < -0.4 is 5.32 Å². The fraction of sp³-hybridized carbons (Fsp3) is 0.385. The summed E-state index contributed by atoms with van der Waals surface area (Å²) in [4.78, 5) is 22.9. The molecule has 1 aromatic carbocycles. The van der Waals surface area contributed by atoms with Gasteiger partial charge in [-0.15, -0.1) is 0 Å². The highest BCUT2D eigenvalue weighted by Gasteiger charge is 2.23. The van der Waals surface area contributed by atoms with E-state index in [0.717, 1.165) is 24.9 Å². The van der Waals surface area contributed by atoms with Crippen LogP contribution in [0.5, 0.6) is 0 Å². The van der Waals surface area contributed by atoms with Crippen LogP contribution in [0.2, 0.25) is 0 Å². The van der Waals surface area contributed by atoms with Crippen molar-refractivity contribution in [1.29, 1.82) is 0 Å². The minimum absolute atomic E-state index is 0.0714. The first kappa shape index (κ1) is 11.6. The minimum atomic E-state index is -0.357. The molecule has 4 heteroatoms. The van der Waals surface area contributed by atoms with Gasteiger partial charge in [0.05, 0.1) is 18.6 Å². The average molecular weight is 233 g/mol. The lowest BCUT2D eigenvalue weighted by atomic mass is 9.90. The highest BCUT2D eigenvalue weighted by atomic mass is 16.5. The number of hydrogen-bond acceptors (Lipinski definition) is 3. The highest BCUT2D eigenvalue weighted by molar-refractivity contribution is 5.90. The summed E-state index contributed by atoms with van der Waals surface area (Å²) in [5.41, 5.74) is 1.46. The Morgan fingerprint density at radius 2 is 2.06 bits per heavy atom. The summed E-state index contributed by atoms with van der Waals surface area (Å²) in [6, 6.07) is 7.04. The number of esters is 1. The van der Waals surface area contributed by atoms with E-state index >= 15 is 0 Å². The highest BCUT2D eigenvalue weighted by Crippen LogP contribution is 2.24. The first-order valence-electron chi connectivity index (χ1n) is 5.68. The summed E-state index contributed by atoms with van der Waals surface area (Å²) in [6.07, 6.45) is 1.86. The van der Waals surface area contributed by atoms with Crippen LogP contribution in [0.4, 0.5) is 0 Å². The number of piperidine rings is 1. The molecule has 0 aliphatic carbocycles. The third-order valence-electron chi connectivity index (χ3n) is 3.02. The fourth-order valence-corrected chi connectivity index (χ4v) is 2.06. The van der Waals surface area contributed by atoms with Gasteiger partial charge in [0, 0.05) is 6.54 Å². The molecule has 17 heavy (non-hydrogen) atoms. The Balaban J connectivity index is 2.17. The summed E-state index contributed by atoms with van der Waals surface area (Å²) >= 11 is 0. The van der Waals surface area contributed by atoms with Gasteiger partial charge in [-0.05, 0) is 30.5 Å². The second-order valence-corrected chi connectivity index (χ2v) is 4.10. The topological polar surface area (TPSA) is 55.4 Å². The summed E-state index contributed by atoms with van der Waals surface area (Å²) in [6.45, 7) is 0.760. The molecule has 0 saturated carbocycles. The van der Waals surface area contributed by atoms with Crippen LogP contribution in [0.25, 0.3) is 0 Å². The molecule has 2 rings (SSSR count). The number of benzene rings is 1. The molecule has 1 aliphatic rings. The number of carbonyl (C=O) groups is 2. The molecule has 1 aliphatic heterocycles. The number of nitrogens with one attached hydrogen (secondary N) is 1. The minimum Gasteiger partial charge on any atom is -0.465 e. The maximum Gasteiger partial charge on any atom is 0.337 e. The van der Waals surface area contributed by atoms with E-state index in [1.54, 1.807) is 12.1 Å². The molecular weight excluding hydrogens is 218 g/mol. The van der Waals surface area contributed by atoms with Crippen molar-refractivity contribution in [2.24, 2.45) is 0 Å². The summed E-state index contributed by atoms with van der Waals surface area (Å²) in [5.74, 6) is -0.373. The standard InChI is InChI=1S/C13H15NO3/c1-17-13(16)10-6-4-9(5-7-10)11-3-2-8-14-12(11)15/h4-7,11H,2-3,8H2,1H3,(H,14,15)/t11-/m0/s1. The second kappa shape index (κ2) is 4.99. The van der Waals surface area contributed by atoms with Crippen molar-refractivity contribution in [3.8, 4) is 0 Å². The molecule has 0 bridgehead atoms. The molecule has 1 amide bonds. The van der Waals surface area contributed by atoms with Gasteiger partial charge < -0.3 is 10.1 Å². The van der Waals surface area contributed by atoms with Crippen LogP contribution in [-0.4, -0.2) is 25.5 Å². The van der Waals surface area contributed by atoms with Gasteiger partial charge in [0.1, 0.15) is 0 Å². The summed E-state index contributed by atoms with van der Waals surface area (Å²) in [5, 5.41) is 2.85. The van der Waals surface area contributed by atoms with Crippen molar-refractivity contribution in [3.63, 3.8) is 0 Å². The number of rotatable bonds is 2. The van der Waals surface area contributed by atoms with Gasteiger partial charge in [-0.25, -0.2) is 4.79 Å². The Labute approximate surface area is 100.0 Å². The smallest absolute Gasteiger partial charge is 0.337 e. The predicted octanol–water partition coefficient (Wildman–Crippen LogP) is 1.47. The van der Waals surface area contributed by atoms with Crippen molar-refractivity contribution >= 4 is 11.9 Å². The predicted molar refractivity (Wildman–Crippen MR) is 62.8 cm³/mol. The van der Waals surface area contributed by atoms with Gasteiger partial charge in [-0.1, -0.05) is 12.1 Å². The number of amides is 1. The quantitative estimate of drug-likeness (QED) is 0.787. The molecule has 0 unspecified atom stereocenters. The zero-order valence-corrected chi connectivity index (χ0v) is 9.73. The van der Waals surface area contributed by atoms with Crippen molar-refractivity contribution < 1.29 is 14.3 Å². The van der Waals surface area contributed by atoms with E-state index in [1.807, 2.05) is 12.1 Å². The normalized spacial score (nSPS) is 19.6. The van der Waals surface area contributed by atoms with E-state index in [-0.39, 0.29) is 17.8 Å². The Kier molecular flexibility index (Phi) is 3.42. The van der Waals surface area contributed by atoms with Gasteiger partial charge in [0.2, 0.25) is 5.91 Å². The Morgan fingerprint density at radius 1 is 1.35 bits per heavy atom. The average Bonchev–Trinajstić information content (AvgIpc) is 2.39. The van der Waals surface area contributed by atoms with E-state index in [9.17, 15) is 9.59 Å². The lowest BCUT2D eigenvalue weighted by Crippen LogP contribution is -2.35. The Bertz CT molecular complexity index is 425. The SMILES string of the molecule is COC(=O)c1ccc([C@@H]2CCCNC2=O)cc1. The molecular formula is C13H15NO3. The Hall–Kier alpha value is -1.84. The van der Waals surface area contributed by atoms with Gasteiger partial charge in [0.15, 0.2) is 0 Å². The number of methoxy groups -OCH3 is 1. The molecule has 90 valence electrons. The van der Waals surface area contributed by atoms with Crippen LogP contribution in [0.15, 0.2) is 24.3 Å². The molecule has 1 fully saturated rings. The monoisotopic (exact) mass is 233 g/mol. The molecule has 1 saturated heterocycles. The third kappa shape index (κ3) is 2.46. The van der Waals surface area contributed by atoms with Gasteiger partial charge in [-0.2, -0.15) is 0 Å². The molecule has 0 spiro atoms. The number of hydrogen-bond donors (Lipinski definition) is 1. The van der Waals surface area contributed by atoms with Crippen LogP contribution in [0, 0.1) is 0 Å². The van der Waals surface area contributed by atoms with Crippen molar-refractivity contribution in [1.82, 2.24) is 5.32 Å².